The number of aromatic nitrogens is 3. The van der Waals surface area contributed by atoms with Gasteiger partial charge in [0.15, 0.2) is 18.1 Å². The Morgan fingerprint density at radius 1 is 1.03 bits per heavy atom. The van der Waals surface area contributed by atoms with Crippen LogP contribution < -0.4 is 26.4 Å². The van der Waals surface area contributed by atoms with E-state index in [0.29, 0.717) is 28.1 Å². The van der Waals surface area contributed by atoms with Crippen LogP contribution in [0.25, 0.3) is 5.65 Å². The summed E-state index contributed by atoms with van der Waals surface area (Å²) in [5.74, 6) is -2.42. The minimum atomic E-state index is -0.804. The molecule has 192 valence electrons. The van der Waals surface area contributed by atoms with Crippen molar-refractivity contribution >= 4 is 35.0 Å². The molecule has 0 saturated carbocycles. The second kappa shape index (κ2) is 9.97. The molecular formula is C25H20FN7O5. The molecule has 2 aromatic heterocycles. The molecule has 0 saturated heterocycles. The maximum atomic E-state index is 14.3. The number of ether oxygens (including phenoxy) is 1. The molecule has 0 spiro atoms. The Morgan fingerprint density at radius 3 is 2.50 bits per heavy atom. The van der Waals surface area contributed by atoms with Gasteiger partial charge in [0.1, 0.15) is 17.1 Å². The van der Waals surface area contributed by atoms with Crippen LogP contribution in [0.2, 0.25) is 0 Å². The van der Waals surface area contributed by atoms with Crippen molar-refractivity contribution in [3.8, 4) is 5.75 Å². The van der Waals surface area contributed by atoms with Crippen molar-refractivity contribution in [2.75, 3.05) is 11.9 Å². The molecular weight excluding hydrogens is 497 g/mol. The lowest BCUT2D eigenvalue weighted by molar-refractivity contribution is -0.118. The fraction of sp³-hybridized carbons (Fsp3) is 0.120. The van der Waals surface area contributed by atoms with Gasteiger partial charge in [-0.05, 0) is 35.4 Å². The number of halogens is 1. The summed E-state index contributed by atoms with van der Waals surface area (Å²) in [6.07, 6.45) is 0.896. The Balaban J connectivity index is 1.32. The molecule has 38 heavy (non-hydrogen) atoms. The molecule has 0 atom stereocenters. The van der Waals surface area contributed by atoms with Crippen LogP contribution in [0.1, 0.15) is 42.5 Å². The lowest BCUT2D eigenvalue weighted by atomic mass is 10.1. The molecule has 0 radical (unpaired) electrons. The number of fused-ring (bicyclic) bond motifs is 2. The molecule has 5 N–H and O–H groups in total. The summed E-state index contributed by atoms with van der Waals surface area (Å²) in [6.45, 7) is 0.0881. The number of carbonyl (C=O) groups is 4. The van der Waals surface area contributed by atoms with Crippen LogP contribution >= 0.6 is 0 Å². The van der Waals surface area contributed by atoms with Gasteiger partial charge in [-0.25, -0.2) is 13.9 Å². The van der Waals surface area contributed by atoms with Gasteiger partial charge < -0.3 is 26.4 Å². The zero-order chi connectivity index (χ0) is 26.8. The predicted octanol–water partition coefficient (Wildman–Crippen LogP) is 1.16. The number of amides is 4. The van der Waals surface area contributed by atoms with E-state index in [4.69, 9.17) is 10.5 Å². The number of nitrogens with zero attached hydrogens (tertiary/aromatic N) is 3. The van der Waals surface area contributed by atoms with E-state index in [1.54, 1.807) is 30.3 Å². The van der Waals surface area contributed by atoms with Crippen LogP contribution in [0.4, 0.5) is 10.1 Å². The Kier molecular flexibility index (Phi) is 6.39. The summed E-state index contributed by atoms with van der Waals surface area (Å²) in [5, 5.41) is 11.9. The van der Waals surface area contributed by atoms with Crippen LogP contribution in [0.5, 0.6) is 5.75 Å². The molecule has 0 aliphatic carbocycles. The van der Waals surface area contributed by atoms with Crippen LogP contribution in [0.15, 0.2) is 54.7 Å². The van der Waals surface area contributed by atoms with Gasteiger partial charge in [-0.15, -0.1) is 0 Å². The van der Waals surface area contributed by atoms with Crippen LogP contribution in [0.3, 0.4) is 0 Å². The number of nitrogens with one attached hydrogen (secondary N) is 3. The van der Waals surface area contributed by atoms with Crippen LogP contribution in [-0.4, -0.2) is 44.8 Å². The van der Waals surface area contributed by atoms with E-state index in [1.165, 1.54) is 18.2 Å². The van der Waals surface area contributed by atoms with Gasteiger partial charge in [-0.3, -0.25) is 19.2 Å². The van der Waals surface area contributed by atoms with E-state index in [9.17, 15) is 23.6 Å². The third-order valence-corrected chi connectivity index (χ3v) is 5.72. The average molecular weight is 517 g/mol. The minimum Gasteiger partial charge on any atom is -0.482 e. The van der Waals surface area contributed by atoms with Crippen molar-refractivity contribution < 1.29 is 28.3 Å². The van der Waals surface area contributed by atoms with Gasteiger partial charge in [0.2, 0.25) is 5.91 Å². The molecule has 1 aliphatic rings. The lowest BCUT2D eigenvalue weighted by Crippen LogP contribution is -2.29. The number of benzene rings is 2. The minimum absolute atomic E-state index is 0.0689. The second-order valence-electron chi connectivity index (χ2n) is 8.35. The number of hydrogen-bond donors (Lipinski definition) is 4. The van der Waals surface area contributed by atoms with Gasteiger partial charge >= 0.3 is 0 Å². The average Bonchev–Trinajstić information content (AvgIpc) is 3.30. The smallest absolute Gasteiger partial charge is 0.270 e. The Hall–Kier alpha value is -5.33. The van der Waals surface area contributed by atoms with E-state index in [-0.39, 0.29) is 42.6 Å². The number of rotatable bonds is 7. The number of nitrogens with two attached hydrogens (primary N) is 1. The number of hydrogen-bond acceptors (Lipinski definition) is 7. The first-order valence-electron chi connectivity index (χ1n) is 11.3. The molecule has 3 heterocycles. The largest absolute Gasteiger partial charge is 0.482 e. The van der Waals surface area contributed by atoms with Crippen LogP contribution in [0, 0.1) is 5.82 Å². The molecule has 12 nitrogen and oxygen atoms in total. The Labute approximate surface area is 214 Å². The first-order valence-corrected chi connectivity index (χ1v) is 11.3. The molecule has 2 aromatic carbocycles. The zero-order valence-corrected chi connectivity index (χ0v) is 19.7. The van der Waals surface area contributed by atoms with E-state index in [2.05, 4.69) is 26.0 Å². The Bertz CT molecular complexity index is 1600. The molecule has 0 bridgehead atoms. The predicted molar refractivity (Wildman–Crippen MR) is 131 cm³/mol. The first kappa shape index (κ1) is 24.4. The summed E-state index contributed by atoms with van der Waals surface area (Å²) in [4.78, 5) is 52.7. The van der Waals surface area contributed by atoms with Crippen molar-refractivity contribution in [3.63, 3.8) is 0 Å². The quantitative estimate of drug-likeness (QED) is 0.285. The summed E-state index contributed by atoms with van der Waals surface area (Å²) < 4.78 is 20.7. The lowest BCUT2D eigenvalue weighted by Gasteiger charge is -2.18. The standard InChI is InChI=1S/C25H20FN7O5/c26-16-11-30-33-19(25(37)29-9-13-1-4-15(5-2-13)22(27)35)8-18(32-23(16)33)24(36)28-10-14-3-6-20-17(7-14)31-21(34)12-38-20/h1-8,11H,9-10,12H2,(H2,27,35)(H,28,36)(H,29,37)(H,31,34). The summed E-state index contributed by atoms with van der Waals surface area (Å²) in [6, 6.07) is 12.6. The summed E-state index contributed by atoms with van der Waals surface area (Å²) in [5.41, 5.74) is 6.81. The van der Waals surface area contributed by atoms with Gasteiger partial charge in [-0.1, -0.05) is 18.2 Å². The summed E-state index contributed by atoms with van der Waals surface area (Å²) >= 11 is 0. The molecule has 4 aromatic rings. The fourth-order valence-corrected chi connectivity index (χ4v) is 3.79. The topological polar surface area (TPSA) is 170 Å². The third-order valence-electron chi connectivity index (χ3n) is 5.72. The SMILES string of the molecule is NC(=O)c1ccc(CNC(=O)c2cc(C(=O)NCc3ccc4c(c3)NC(=O)CO4)nc3c(F)cnn23)cc1. The fourth-order valence-electron chi connectivity index (χ4n) is 3.79. The van der Waals surface area contributed by atoms with Gasteiger partial charge in [0.05, 0.1) is 11.9 Å². The van der Waals surface area contributed by atoms with Gasteiger partial charge in [0.25, 0.3) is 17.7 Å². The van der Waals surface area contributed by atoms with E-state index < -0.39 is 23.5 Å². The second-order valence-corrected chi connectivity index (χ2v) is 8.35. The van der Waals surface area contributed by atoms with Crippen molar-refractivity contribution in [3.05, 3.63) is 88.6 Å². The van der Waals surface area contributed by atoms with Crippen molar-refractivity contribution in [2.45, 2.75) is 13.1 Å². The molecule has 0 unspecified atom stereocenters. The molecule has 5 rings (SSSR count). The zero-order valence-electron chi connectivity index (χ0n) is 19.7. The van der Waals surface area contributed by atoms with Crippen LogP contribution in [-0.2, 0) is 17.9 Å². The summed E-state index contributed by atoms with van der Waals surface area (Å²) in [7, 11) is 0. The van der Waals surface area contributed by atoms with Crippen molar-refractivity contribution in [1.29, 1.82) is 0 Å². The molecule has 1 aliphatic heterocycles. The van der Waals surface area contributed by atoms with E-state index in [1.807, 2.05) is 0 Å². The van der Waals surface area contributed by atoms with E-state index in [0.717, 1.165) is 10.7 Å². The van der Waals surface area contributed by atoms with Crippen molar-refractivity contribution in [1.82, 2.24) is 25.2 Å². The highest BCUT2D eigenvalue weighted by molar-refractivity contribution is 5.98. The normalized spacial score (nSPS) is 12.3. The number of anilines is 1. The van der Waals surface area contributed by atoms with Gasteiger partial charge in [0, 0.05) is 24.7 Å². The highest BCUT2D eigenvalue weighted by Gasteiger charge is 2.21. The Morgan fingerprint density at radius 2 is 1.74 bits per heavy atom. The number of carbonyl (C=O) groups excluding carboxylic acids is 4. The van der Waals surface area contributed by atoms with Crippen molar-refractivity contribution in [2.24, 2.45) is 5.73 Å². The molecule has 0 fully saturated rings. The maximum absolute atomic E-state index is 14.3. The first-order chi connectivity index (χ1) is 18.3. The van der Waals surface area contributed by atoms with E-state index >= 15 is 0 Å². The monoisotopic (exact) mass is 517 g/mol. The molecule has 4 amide bonds. The third kappa shape index (κ3) is 4.97. The highest BCUT2D eigenvalue weighted by Crippen LogP contribution is 2.28. The molecule has 13 heteroatoms. The highest BCUT2D eigenvalue weighted by atomic mass is 19.1. The maximum Gasteiger partial charge on any atom is 0.270 e. The van der Waals surface area contributed by atoms with Gasteiger partial charge in [-0.2, -0.15) is 5.10 Å². The number of primary amides is 1.